The van der Waals surface area contributed by atoms with Crippen LogP contribution in [-0.4, -0.2) is 62.3 Å². The van der Waals surface area contributed by atoms with Crippen LogP contribution in [0.2, 0.25) is 0 Å². The van der Waals surface area contributed by atoms with Gasteiger partial charge in [-0.25, -0.2) is 17.7 Å². The van der Waals surface area contributed by atoms with E-state index >= 15 is 0 Å². The minimum absolute atomic E-state index is 0.0468. The quantitative estimate of drug-likeness (QED) is 0.643. The first-order chi connectivity index (χ1) is 14.7. The van der Waals surface area contributed by atoms with Gasteiger partial charge in [0.1, 0.15) is 10.6 Å². The van der Waals surface area contributed by atoms with Gasteiger partial charge in [0.15, 0.2) is 0 Å². The summed E-state index contributed by atoms with van der Waals surface area (Å²) in [6.45, 7) is 6.62. The summed E-state index contributed by atoms with van der Waals surface area (Å²) in [6.07, 6.45) is 1.52. The Morgan fingerprint density at radius 3 is 2.61 bits per heavy atom. The molecule has 1 aromatic carbocycles. The van der Waals surface area contributed by atoms with Gasteiger partial charge in [-0.1, -0.05) is 0 Å². The predicted molar refractivity (Wildman–Crippen MR) is 122 cm³/mol. The second kappa shape index (κ2) is 10.1. The summed E-state index contributed by atoms with van der Waals surface area (Å²) >= 11 is 1.65. The van der Waals surface area contributed by atoms with Crippen LogP contribution < -0.4 is 10.1 Å². The zero-order valence-corrected chi connectivity index (χ0v) is 20.1. The number of thiazole rings is 1. The molecule has 10 heteroatoms. The smallest absolute Gasteiger partial charge is 0.246 e. The molecule has 0 saturated carbocycles. The van der Waals surface area contributed by atoms with Gasteiger partial charge < -0.3 is 10.1 Å². The van der Waals surface area contributed by atoms with Crippen LogP contribution in [0.25, 0.3) is 0 Å². The van der Waals surface area contributed by atoms with Gasteiger partial charge in [-0.05, 0) is 58.0 Å². The number of carbonyl (C=O) groups is 1. The molecule has 0 bridgehead atoms. The van der Waals surface area contributed by atoms with Crippen molar-refractivity contribution >= 4 is 33.0 Å². The number of nitrogens with one attached hydrogen (secondary N) is 1. The highest BCUT2D eigenvalue weighted by Gasteiger charge is 2.27. The van der Waals surface area contributed by atoms with Crippen molar-refractivity contribution in [2.45, 2.75) is 38.1 Å². The lowest BCUT2D eigenvalue weighted by Gasteiger charge is -2.30. The zero-order chi connectivity index (χ0) is 22.6. The average Bonchev–Trinajstić information content (AvgIpc) is 3.14. The van der Waals surface area contributed by atoms with E-state index in [0.29, 0.717) is 12.3 Å². The van der Waals surface area contributed by atoms with E-state index < -0.39 is 10.0 Å². The van der Waals surface area contributed by atoms with Crippen LogP contribution in [0, 0.1) is 12.8 Å². The number of rotatable bonds is 8. The van der Waals surface area contributed by atoms with Crippen LogP contribution in [0.3, 0.4) is 0 Å². The average molecular weight is 467 g/mol. The molecule has 0 radical (unpaired) electrons. The monoisotopic (exact) mass is 466 g/mol. The molecule has 170 valence electrons. The van der Waals surface area contributed by atoms with Gasteiger partial charge in [-0.15, -0.1) is 11.3 Å². The number of amides is 1. The number of piperidine rings is 1. The number of benzene rings is 1. The molecule has 2 heterocycles. The fourth-order valence-corrected chi connectivity index (χ4v) is 5.22. The summed E-state index contributed by atoms with van der Waals surface area (Å²) in [6, 6.07) is 4.74. The van der Waals surface area contributed by atoms with Crippen molar-refractivity contribution in [3.05, 3.63) is 34.3 Å². The number of hydrogen-bond donors (Lipinski definition) is 1. The molecule has 1 aliphatic rings. The maximum absolute atomic E-state index is 12.8. The maximum Gasteiger partial charge on any atom is 0.246 e. The van der Waals surface area contributed by atoms with Crippen molar-refractivity contribution in [1.82, 2.24) is 14.2 Å². The third-order valence-corrected chi connectivity index (χ3v) is 7.94. The number of sulfonamides is 1. The second-order valence-electron chi connectivity index (χ2n) is 7.78. The van der Waals surface area contributed by atoms with E-state index in [4.69, 9.17) is 4.74 Å². The molecule has 1 amide bonds. The van der Waals surface area contributed by atoms with E-state index in [1.165, 1.54) is 20.2 Å². The Morgan fingerprint density at radius 1 is 1.32 bits per heavy atom. The topological polar surface area (TPSA) is 91.8 Å². The Hall–Kier alpha value is -2.01. The molecule has 0 aliphatic carbocycles. The maximum atomic E-state index is 12.8. The largest absolute Gasteiger partial charge is 0.492 e. The van der Waals surface area contributed by atoms with E-state index in [1.807, 2.05) is 6.92 Å². The Balaban J connectivity index is 1.64. The summed E-state index contributed by atoms with van der Waals surface area (Å²) in [4.78, 5) is 19.7. The summed E-state index contributed by atoms with van der Waals surface area (Å²) in [5.74, 6) is 0.0928. The van der Waals surface area contributed by atoms with Gasteiger partial charge in [0.25, 0.3) is 0 Å². The molecule has 1 aliphatic heterocycles. The van der Waals surface area contributed by atoms with Crippen LogP contribution in [0.15, 0.2) is 28.5 Å². The molecule has 1 aromatic heterocycles. The van der Waals surface area contributed by atoms with E-state index in [1.54, 1.807) is 30.4 Å². The fraction of sp³-hybridized carbons (Fsp3) is 0.524. The zero-order valence-electron chi connectivity index (χ0n) is 18.4. The van der Waals surface area contributed by atoms with Crippen LogP contribution in [0.4, 0.5) is 5.69 Å². The first-order valence-corrected chi connectivity index (χ1v) is 12.7. The van der Waals surface area contributed by atoms with Crippen molar-refractivity contribution < 1.29 is 17.9 Å². The second-order valence-corrected chi connectivity index (χ2v) is 11.0. The first kappa shape index (κ1) is 23.6. The number of aromatic nitrogens is 1. The summed E-state index contributed by atoms with van der Waals surface area (Å²) < 4.78 is 32.0. The minimum Gasteiger partial charge on any atom is -0.492 e. The number of hydrogen-bond acceptors (Lipinski definition) is 7. The van der Waals surface area contributed by atoms with Gasteiger partial charge >= 0.3 is 0 Å². The third kappa shape index (κ3) is 5.82. The molecule has 2 aromatic rings. The number of ether oxygens (including phenoxy) is 1. The number of anilines is 1. The molecule has 1 fully saturated rings. The van der Waals surface area contributed by atoms with Gasteiger partial charge in [0, 0.05) is 37.6 Å². The van der Waals surface area contributed by atoms with Crippen LogP contribution in [0.1, 0.15) is 30.5 Å². The van der Waals surface area contributed by atoms with E-state index in [0.717, 1.165) is 47.5 Å². The summed E-state index contributed by atoms with van der Waals surface area (Å²) in [7, 11) is -0.764. The van der Waals surface area contributed by atoms with Crippen molar-refractivity contribution in [2.75, 3.05) is 39.1 Å². The molecular weight excluding hydrogens is 436 g/mol. The predicted octanol–water partition coefficient (Wildman–Crippen LogP) is 2.95. The molecule has 3 rings (SSSR count). The molecule has 8 nitrogen and oxygen atoms in total. The highest BCUT2D eigenvalue weighted by atomic mass is 32.2. The number of aryl methyl sites for hydroxylation is 1. The van der Waals surface area contributed by atoms with E-state index in [-0.39, 0.29) is 22.5 Å². The Labute approximate surface area is 188 Å². The highest BCUT2D eigenvalue weighted by Crippen LogP contribution is 2.30. The minimum atomic E-state index is -3.70. The van der Waals surface area contributed by atoms with Gasteiger partial charge in [-0.3, -0.25) is 9.69 Å². The van der Waals surface area contributed by atoms with Crippen LogP contribution >= 0.6 is 11.3 Å². The lowest BCUT2D eigenvalue weighted by molar-refractivity contribution is -0.121. The van der Waals surface area contributed by atoms with Crippen LogP contribution in [-0.2, 0) is 21.4 Å². The fourth-order valence-electron chi connectivity index (χ4n) is 3.57. The summed E-state index contributed by atoms with van der Waals surface area (Å²) in [5, 5.41) is 6.04. The summed E-state index contributed by atoms with van der Waals surface area (Å²) in [5.41, 5.74) is 1.53. The molecule has 0 unspecified atom stereocenters. The number of nitrogens with zero attached hydrogens (tertiary/aromatic N) is 3. The van der Waals surface area contributed by atoms with Crippen molar-refractivity contribution in [3.63, 3.8) is 0 Å². The normalized spacial score (nSPS) is 15.9. The van der Waals surface area contributed by atoms with Crippen molar-refractivity contribution in [2.24, 2.45) is 5.92 Å². The highest BCUT2D eigenvalue weighted by molar-refractivity contribution is 7.89. The lowest BCUT2D eigenvalue weighted by atomic mass is 9.95. The lowest BCUT2D eigenvalue weighted by Crippen LogP contribution is -2.37. The van der Waals surface area contributed by atoms with Crippen molar-refractivity contribution in [3.8, 4) is 5.75 Å². The Kier molecular flexibility index (Phi) is 7.68. The van der Waals surface area contributed by atoms with Gasteiger partial charge in [0.2, 0.25) is 15.9 Å². The Bertz CT molecular complexity index is 1010. The molecule has 1 saturated heterocycles. The standard InChI is InChI=1S/C21H30N4O4S2/c1-5-29-19-7-6-17(12-20(19)31(27,28)24(3)4)23-21(26)16-8-10-25(11-9-16)13-18-14-30-15(2)22-18/h6-7,12,14,16H,5,8-11,13H2,1-4H3,(H,23,26). The molecule has 0 atom stereocenters. The third-order valence-electron chi connectivity index (χ3n) is 5.28. The molecule has 31 heavy (non-hydrogen) atoms. The Morgan fingerprint density at radius 2 is 2.03 bits per heavy atom. The first-order valence-electron chi connectivity index (χ1n) is 10.3. The van der Waals surface area contributed by atoms with E-state index in [2.05, 4.69) is 20.6 Å². The molecule has 0 spiro atoms. The van der Waals surface area contributed by atoms with E-state index in [9.17, 15) is 13.2 Å². The SMILES string of the molecule is CCOc1ccc(NC(=O)C2CCN(Cc3csc(C)n3)CC2)cc1S(=O)(=O)N(C)C. The van der Waals surface area contributed by atoms with Gasteiger partial charge in [-0.2, -0.15) is 0 Å². The number of carbonyl (C=O) groups excluding carboxylic acids is 1. The van der Waals surface area contributed by atoms with Crippen molar-refractivity contribution in [1.29, 1.82) is 0 Å². The molecular formula is C21H30N4O4S2. The van der Waals surface area contributed by atoms with Crippen LogP contribution in [0.5, 0.6) is 5.75 Å². The number of likely N-dealkylation sites (tertiary alicyclic amines) is 1. The van der Waals surface area contributed by atoms with Gasteiger partial charge in [0.05, 0.1) is 17.3 Å². The molecule has 1 N–H and O–H groups in total.